The largest absolute Gasteiger partial charge is 0.434 e. The molecule has 0 aromatic carbocycles. The van der Waals surface area contributed by atoms with E-state index in [4.69, 9.17) is 0 Å². The van der Waals surface area contributed by atoms with Gasteiger partial charge in [-0.3, -0.25) is 4.79 Å². The molecule has 0 bridgehead atoms. The molecule has 0 amide bonds. The quantitative estimate of drug-likeness (QED) is 0.833. The number of anilines is 1. The molecule has 1 saturated carbocycles. The molecule has 0 saturated heterocycles. The normalized spacial score (nSPS) is 20.1. The Kier molecular flexibility index (Phi) is 4.04. The van der Waals surface area contributed by atoms with Crippen molar-refractivity contribution in [1.82, 2.24) is 19.1 Å². The van der Waals surface area contributed by atoms with E-state index in [-0.39, 0.29) is 17.5 Å². The molecule has 0 spiro atoms. The van der Waals surface area contributed by atoms with Crippen molar-refractivity contribution in [1.29, 1.82) is 0 Å². The van der Waals surface area contributed by atoms with Gasteiger partial charge in [0.25, 0.3) is 5.56 Å². The van der Waals surface area contributed by atoms with Gasteiger partial charge in [-0.25, -0.2) is 9.97 Å². The molecule has 140 valence electrons. The third-order valence-corrected chi connectivity index (χ3v) is 5.06. The first kappa shape index (κ1) is 17.1. The van der Waals surface area contributed by atoms with Gasteiger partial charge in [-0.2, -0.15) is 13.2 Å². The summed E-state index contributed by atoms with van der Waals surface area (Å²) in [6.07, 6.45) is 3.29. The van der Waals surface area contributed by atoms with Crippen LogP contribution < -0.4 is 10.5 Å². The van der Waals surface area contributed by atoms with Gasteiger partial charge in [-0.05, 0) is 25.2 Å². The van der Waals surface area contributed by atoms with Crippen LogP contribution in [0.25, 0.3) is 0 Å². The smallest absolute Gasteiger partial charge is 0.355 e. The van der Waals surface area contributed by atoms with Crippen molar-refractivity contribution in [2.45, 2.75) is 44.4 Å². The standard InChI is InChI=1S/C17H20F3N5O/c1-23(15-16(26)25(7-6-21-15)12-3-4-12)8-11-2-5-14-22-13(17(18,19)20)10-24(14)9-11/h6-7,10-12H,2-5,8-9H2,1H3/t11-/m0/s1. The predicted octanol–water partition coefficient (Wildman–Crippen LogP) is 2.49. The number of halogens is 3. The molecular formula is C17H20F3N5O. The average Bonchev–Trinajstić information content (AvgIpc) is 3.32. The minimum Gasteiger partial charge on any atom is -0.355 e. The molecule has 2 aromatic heterocycles. The highest BCUT2D eigenvalue weighted by molar-refractivity contribution is 5.34. The van der Waals surface area contributed by atoms with E-state index in [9.17, 15) is 18.0 Å². The van der Waals surface area contributed by atoms with Crippen LogP contribution in [0.2, 0.25) is 0 Å². The molecule has 4 rings (SSSR count). The van der Waals surface area contributed by atoms with Crippen LogP contribution in [0.3, 0.4) is 0 Å². The van der Waals surface area contributed by atoms with E-state index < -0.39 is 11.9 Å². The summed E-state index contributed by atoms with van der Waals surface area (Å²) in [5.41, 5.74) is -0.936. The van der Waals surface area contributed by atoms with Gasteiger partial charge in [0.05, 0.1) is 0 Å². The Hall–Kier alpha value is -2.32. The number of nitrogens with zero attached hydrogens (tertiary/aromatic N) is 5. The zero-order valence-corrected chi connectivity index (χ0v) is 14.4. The summed E-state index contributed by atoms with van der Waals surface area (Å²) < 4.78 is 41.8. The van der Waals surface area contributed by atoms with Crippen LogP contribution in [0, 0.1) is 5.92 Å². The second kappa shape index (κ2) is 6.14. The summed E-state index contributed by atoms with van der Waals surface area (Å²) in [7, 11) is 1.81. The maximum atomic E-state index is 12.8. The fourth-order valence-electron chi connectivity index (χ4n) is 3.59. The molecule has 1 aliphatic heterocycles. The van der Waals surface area contributed by atoms with Crippen LogP contribution >= 0.6 is 0 Å². The number of aryl methyl sites for hydroxylation is 1. The minimum atomic E-state index is -4.42. The number of imidazole rings is 1. The van der Waals surface area contributed by atoms with E-state index in [1.54, 1.807) is 21.5 Å². The second-order valence-electron chi connectivity index (χ2n) is 7.17. The van der Waals surface area contributed by atoms with E-state index in [2.05, 4.69) is 9.97 Å². The third-order valence-electron chi connectivity index (χ3n) is 5.06. The molecule has 0 N–H and O–H groups in total. The summed E-state index contributed by atoms with van der Waals surface area (Å²) in [6.45, 7) is 1.03. The van der Waals surface area contributed by atoms with Crippen LogP contribution in [-0.2, 0) is 19.1 Å². The fourth-order valence-corrected chi connectivity index (χ4v) is 3.59. The molecule has 2 aliphatic rings. The predicted molar refractivity (Wildman–Crippen MR) is 89.1 cm³/mol. The summed E-state index contributed by atoms with van der Waals surface area (Å²) in [5.74, 6) is 1.01. The summed E-state index contributed by atoms with van der Waals surface area (Å²) in [5, 5.41) is 0. The lowest BCUT2D eigenvalue weighted by molar-refractivity contribution is -0.141. The van der Waals surface area contributed by atoms with Crippen molar-refractivity contribution in [2.24, 2.45) is 5.92 Å². The van der Waals surface area contributed by atoms with Crippen molar-refractivity contribution in [2.75, 3.05) is 18.5 Å². The number of hydrogen-bond acceptors (Lipinski definition) is 4. The van der Waals surface area contributed by atoms with Crippen LogP contribution in [-0.4, -0.2) is 32.7 Å². The minimum absolute atomic E-state index is 0.101. The second-order valence-corrected chi connectivity index (χ2v) is 7.17. The Morgan fingerprint density at radius 1 is 1.31 bits per heavy atom. The molecule has 2 aromatic rings. The van der Waals surface area contributed by atoms with Crippen LogP contribution in [0.4, 0.5) is 19.0 Å². The van der Waals surface area contributed by atoms with Gasteiger partial charge in [0.2, 0.25) is 0 Å². The molecule has 0 radical (unpaired) electrons. The van der Waals surface area contributed by atoms with Gasteiger partial charge in [-0.1, -0.05) is 0 Å². The van der Waals surface area contributed by atoms with Crippen molar-refractivity contribution in [3.63, 3.8) is 0 Å². The summed E-state index contributed by atoms with van der Waals surface area (Å²) >= 11 is 0. The molecule has 0 unspecified atom stereocenters. The Balaban J connectivity index is 1.48. The van der Waals surface area contributed by atoms with Gasteiger partial charge >= 0.3 is 6.18 Å². The van der Waals surface area contributed by atoms with Crippen molar-refractivity contribution in [3.05, 3.63) is 40.5 Å². The van der Waals surface area contributed by atoms with E-state index >= 15 is 0 Å². The third kappa shape index (κ3) is 3.22. The van der Waals surface area contributed by atoms with Crippen LogP contribution in [0.1, 0.15) is 36.8 Å². The van der Waals surface area contributed by atoms with Crippen molar-refractivity contribution < 1.29 is 13.2 Å². The zero-order chi connectivity index (χ0) is 18.5. The Labute approximate surface area is 148 Å². The highest BCUT2D eigenvalue weighted by atomic mass is 19.4. The van der Waals surface area contributed by atoms with Gasteiger partial charge in [-0.15, -0.1) is 0 Å². The lowest BCUT2D eigenvalue weighted by Crippen LogP contribution is -2.36. The summed E-state index contributed by atoms with van der Waals surface area (Å²) in [6, 6.07) is 0.279. The molecule has 6 nitrogen and oxygen atoms in total. The number of alkyl halides is 3. The SMILES string of the molecule is CN(C[C@@H]1CCc2nc(C(F)(F)F)cn2C1)c1nccn(C2CC2)c1=O. The number of hydrogen-bond donors (Lipinski definition) is 0. The topological polar surface area (TPSA) is 56.0 Å². The molecule has 1 aliphatic carbocycles. The van der Waals surface area contributed by atoms with Crippen molar-refractivity contribution >= 4 is 5.82 Å². The monoisotopic (exact) mass is 367 g/mol. The Morgan fingerprint density at radius 3 is 2.77 bits per heavy atom. The average molecular weight is 367 g/mol. The first-order chi connectivity index (χ1) is 12.3. The Bertz CT molecular complexity index is 868. The molecule has 9 heteroatoms. The van der Waals surface area contributed by atoms with E-state index in [1.165, 1.54) is 0 Å². The fraction of sp³-hybridized carbons (Fsp3) is 0.588. The maximum Gasteiger partial charge on any atom is 0.434 e. The van der Waals surface area contributed by atoms with E-state index in [1.807, 2.05) is 11.9 Å². The molecular weight excluding hydrogens is 347 g/mol. The highest BCUT2D eigenvalue weighted by Gasteiger charge is 2.36. The van der Waals surface area contributed by atoms with Gasteiger partial charge < -0.3 is 14.0 Å². The molecule has 26 heavy (non-hydrogen) atoms. The zero-order valence-electron chi connectivity index (χ0n) is 14.4. The number of rotatable bonds is 4. The first-order valence-electron chi connectivity index (χ1n) is 8.74. The Morgan fingerprint density at radius 2 is 2.08 bits per heavy atom. The molecule has 3 heterocycles. The molecule has 1 atom stereocenters. The van der Waals surface area contributed by atoms with Gasteiger partial charge in [0.1, 0.15) is 5.82 Å². The van der Waals surface area contributed by atoms with E-state index in [0.717, 1.165) is 25.5 Å². The number of fused-ring (bicyclic) bond motifs is 1. The van der Waals surface area contributed by atoms with Gasteiger partial charge in [0.15, 0.2) is 11.5 Å². The van der Waals surface area contributed by atoms with Gasteiger partial charge in [0, 0.05) is 51.2 Å². The van der Waals surface area contributed by atoms with Crippen molar-refractivity contribution in [3.8, 4) is 0 Å². The highest BCUT2D eigenvalue weighted by Crippen LogP contribution is 2.33. The number of aromatic nitrogens is 4. The van der Waals surface area contributed by atoms with Crippen LogP contribution in [0.15, 0.2) is 23.4 Å². The summed E-state index contributed by atoms with van der Waals surface area (Å²) in [4.78, 5) is 22.3. The lowest BCUT2D eigenvalue weighted by atomic mass is 9.99. The van der Waals surface area contributed by atoms with Crippen LogP contribution in [0.5, 0.6) is 0 Å². The van der Waals surface area contributed by atoms with E-state index in [0.29, 0.717) is 31.2 Å². The lowest BCUT2D eigenvalue weighted by Gasteiger charge is -2.28. The first-order valence-corrected chi connectivity index (χ1v) is 8.74. The maximum absolute atomic E-state index is 12.8. The molecule has 1 fully saturated rings.